The molecule has 0 aliphatic carbocycles. The molecule has 1 atom stereocenters. The Balaban J connectivity index is 2.13. The number of fused-ring (bicyclic) bond motifs is 1. The van der Waals surface area contributed by atoms with Crippen LogP contribution < -0.4 is 0 Å². The highest BCUT2D eigenvalue weighted by Crippen LogP contribution is 2.18. The number of nitrogens with zero attached hydrogens (tertiary/aromatic N) is 3. The van der Waals surface area contributed by atoms with Gasteiger partial charge in [-0.3, -0.25) is 14.0 Å². The molecule has 21 heavy (non-hydrogen) atoms. The first-order chi connectivity index (χ1) is 9.92. The molecule has 1 unspecified atom stereocenters. The largest absolute Gasteiger partial charge is 0.481 e. The normalized spacial score (nSPS) is 12.5. The van der Waals surface area contributed by atoms with Gasteiger partial charge >= 0.3 is 5.97 Å². The molecule has 7 heteroatoms. The summed E-state index contributed by atoms with van der Waals surface area (Å²) in [5.74, 6) is -0.950. The number of thiazole rings is 1. The van der Waals surface area contributed by atoms with Gasteiger partial charge in [0.1, 0.15) is 0 Å². The van der Waals surface area contributed by atoms with Crippen molar-refractivity contribution in [2.75, 3.05) is 6.54 Å². The lowest BCUT2D eigenvalue weighted by Gasteiger charge is -2.27. The number of likely N-dealkylation sites (N-methyl/N-ethyl adjacent to an activating group) is 1. The van der Waals surface area contributed by atoms with Crippen molar-refractivity contribution in [1.82, 2.24) is 14.3 Å². The van der Waals surface area contributed by atoms with Crippen molar-refractivity contribution in [1.29, 1.82) is 0 Å². The molecule has 0 spiro atoms. The fourth-order valence-electron chi connectivity index (χ4n) is 2.42. The van der Waals surface area contributed by atoms with Crippen LogP contribution in [0, 0.1) is 6.92 Å². The summed E-state index contributed by atoms with van der Waals surface area (Å²) in [5, 5.41) is 10.8. The van der Waals surface area contributed by atoms with Gasteiger partial charge in [-0.05, 0) is 20.8 Å². The molecule has 2 aromatic heterocycles. The third-order valence-electron chi connectivity index (χ3n) is 3.40. The number of aliphatic carboxylic acids is 1. The lowest BCUT2D eigenvalue weighted by atomic mass is 10.1. The third kappa shape index (κ3) is 3.41. The lowest BCUT2D eigenvalue weighted by Crippen LogP contribution is -2.40. The second kappa shape index (κ2) is 6.26. The first-order valence-electron chi connectivity index (χ1n) is 6.85. The van der Waals surface area contributed by atoms with Crippen LogP contribution in [-0.2, 0) is 16.0 Å². The van der Waals surface area contributed by atoms with Gasteiger partial charge in [0.2, 0.25) is 5.91 Å². The second-order valence-corrected chi connectivity index (χ2v) is 5.90. The summed E-state index contributed by atoms with van der Waals surface area (Å²) < 4.78 is 1.92. The summed E-state index contributed by atoms with van der Waals surface area (Å²) in [4.78, 5) is 30.1. The van der Waals surface area contributed by atoms with Crippen molar-refractivity contribution in [3.05, 3.63) is 23.0 Å². The molecule has 1 amide bonds. The number of carbonyl (C=O) groups excluding carboxylic acids is 1. The number of hydrogen-bond donors (Lipinski definition) is 1. The van der Waals surface area contributed by atoms with E-state index in [1.54, 1.807) is 11.8 Å². The van der Waals surface area contributed by atoms with Gasteiger partial charge in [-0.1, -0.05) is 0 Å². The van der Waals surface area contributed by atoms with Crippen molar-refractivity contribution in [3.8, 4) is 0 Å². The van der Waals surface area contributed by atoms with Crippen molar-refractivity contribution < 1.29 is 14.7 Å². The maximum atomic E-state index is 12.4. The molecule has 2 heterocycles. The Labute approximate surface area is 127 Å². The quantitative estimate of drug-likeness (QED) is 0.885. The third-order valence-corrected chi connectivity index (χ3v) is 4.29. The second-order valence-electron chi connectivity index (χ2n) is 5.07. The number of carbonyl (C=O) groups is 2. The number of carboxylic acid groups (broad SMARTS) is 1. The average molecular weight is 309 g/mol. The van der Waals surface area contributed by atoms with Crippen molar-refractivity contribution in [2.24, 2.45) is 0 Å². The van der Waals surface area contributed by atoms with E-state index in [1.807, 2.05) is 29.8 Å². The highest BCUT2D eigenvalue weighted by molar-refractivity contribution is 7.15. The van der Waals surface area contributed by atoms with Crippen LogP contribution in [0.15, 0.2) is 11.6 Å². The van der Waals surface area contributed by atoms with E-state index in [1.165, 1.54) is 11.3 Å². The Bertz CT molecular complexity index is 662. The van der Waals surface area contributed by atoms with Crippen LogP contribution in [0.4, 0.5) is 0 Å². The molecule has 0 aliphatic heterocycles. The molecule has 1 N–H and O–H groups in total. The van der Waals surface area contributed by atoms with E-state index >= 15 is 0 Å². The molecule has 0 bridgehead atoms. The topological polar surface area (TPSA) is 74.9 Å². The Hall–Kier alpha value is -1.89. The van der Waals surface area contributed by atoms with Crippen LogP contribution in [0.25, 0.3) is 4.96 Å². The minimum absolute atomic E-state index is 0.0389. The molecule has 2 rings (SSSR count). The molecule has 0 fully saturated rings. The van der Waals surface area contributed by atoms with Gasteiger partial charge in [-0.25, -0.2) is 4.98 Å². The number of aromatic nitrogens is 2. The van der Waals surface area contributed by atoms with Gasteiger partial charge in [0.05, 0.1) is 18.5 Å². The number of amides is 1. The molecular formula is C14H19N3O3S. The molecule has 0 saturated carbocycles. The van der Waals surface area contributed by atoms with Crippen LogP contribution in [0.2, 0.25) is 0 Å². The van der Waals surface area contributed by atoms with E-state index in [0.29, 0.717) is 6.54 Å². The van der Waals surface area contributed by atoms with E-state index in [4.69, 9.17) is 5.11 Å². The summed E-state index contributed by atoms with van der Waals surface area (Å²) in [6, 6.07) is -0.307. The predicted molar refractivity (Wildman–Crippen MR) is 80.6 cm³/mol. The van der Waals surface area contributed by atoms with E-state index in [0.717, 1.165) is 16.3 Å². The molecule has 0 saturated heterocycles. The van der Waals surface area contributed by atoms with Crippen LogP contribution in [0.1, 0.15) is 31.7 Å². The SMILES string of the molecule is CCN(C(=O)Cc1csc2nc(C)cn12)C(C)CC(=O)O. The Kier molecular flexibility index (Phi) is 4.62. The van der Waals surface area contributed by atoms with Crippen LogP contribution in [0.3, 0.4) is 0 Å². The van der Waals surface area contributed by atoms with Crippen molar-refractivity contribution >= 4 is 28.2 Å². The molecular weight excluding hydrogens is 290 g/mol. The molecule has 6 nitrogen and oxygen atoms in total. The van der Waals surface area contributed by atoms with Crippen molar-refractivity contribution in [3.63, 3.8) is 0 Å². The van der Waals surface area contributed by atoms with Crippen molar-refractivity contribution in [2.45, 2.75) is 39.7 Å². The van der Waals surface area contributed by atoms with E-state index in [9.17, 15) is 9.59 Å². The highest BCUT2D eigenvalue weighted by atomic mass is 32.1. The Morgan fingerprint density at radius 3 is 2.86 bits per heavy atom. The summed E-state index contributed by atoms with van der Waals surface area (Å²) >= 11 is 1.50. The molecule has 0 aliphatic rings. The first kappa shape index (κ1) is 15.5. The van der Waals surface area contributed by atoms with Gasteiger partial charge in [-0.2, -0.15) is 0 Å². The van der Waals surface area contributed by atoms with Gasteiger partial charge in [0.25, 0.3) is 0 Å². The maximum absolute atomic E-state index is 12.4. The predicted octanol–water partition coefficient (Wildman–Crippen LogP) is 1.96. The zero-order chi connectivity index (χ0) is 15.6. The van der Waals surface area contributed by atoms with Crippen LogP contribution in [-0.4, -0.2) is 43.9 Å². The zero-order valence-electron chi connectivity index (χ0n) is 12.4. The highest BCUT2D eigenvalue weighted by Gasteiger charge is 2.22. The van der Waals surface area contributed by atoms with Gasteiger partial charge in [-0.15, -0.1) is 11.3 Å². The van der Waals surface area contributed by atoms with Crippen LogP contribution >= 0.6 is 11.3 Å². The van der Waals surface area contributed by atoms with E-state index < -0.39 is 5.97 Å². The average Bonchev–Trinajstić information content (AvgIpc) is 2.90. The lowest BCUT2D eigenvalue weighted by molar-refractivity contribution is -0.140. The summed E-state index contributed by atoms with van der Waals surface area (Å²) in [5.41, 5.74) is 1.81. The number of imidazole rings is 1. The minimum Gasteiger partial charge on any atom is -0.481 e. The number of hydrogen-bond acceptors (Lipinski definition) is 4. The summed E-state index contributed by atoms with van der Waals surface area (Å²) in [6.45, 7) is 6.04. The molecule has 0 radical (unpaired) electrons. The zero-order valence-corrected chi connectivity index (χ0v) is 13.2. The maximum Gasteiger partial charge on any atom is 0.305 e. The monoisotopic (exact) mass is 309 g/mol. The van der Waals surface area contributed by atoms with E-state index in [2.05, 4.69) is 4.98 Å². The Morgan fingerprint density at radius 1 is 1.52 bits per heavy atom. The van der Waals surface area contributed by atoms with Crippen LogP contribution in [0.5, 0.6) is 0 Å². The molecule has 0 aromatic carbocycles. The molecule has 114 valence electrons. The Morgan fingerprint density at radius 2 is 2.24 bits per heavy atom. The number of aryl methyl sites for hydroxylation is 1. The minimum atomic E-state index is -0.892. The standard InChI is InChI=1S/C14H19N3O3S/c1-4-16(10(3)5-13(19)20)12(18)6-11-8-21-14-15-9(2)7-17(11)14/h7-8,10H,4-6H2,1-3H3,(H,19,20). The van der Waals surface area contributed by atoms with E-state index in [-0.39, 0.29) is 24.8 Å². The number of rotatable bonds is 6. The summed E-state index contributed by atoms with van der Waals surface area (Å²) in [6.07, 6.45) is 2.13. The number of carboxylic acids is 1. The molecule has 2 aromatic rings. The van der Waals surface area contributed by atoms with Gasteiger partial charge in [0, 0.05) is 29.9 Å². The fourth-order valence-corrected chi connectivity index (χ4v) is 3.34. The first-order valence-corrected chi connectivity index (χ1v) is 7.73. The summed E-state index contributed by atoms with van der Waals surface area (Å²) in [7, 11) is 0. The van der Waals surface area contributed by atoms with Gasteiger partial charge < -0.3 is 10.0 Å². The smallest absolute Gasteiger partial charge is 0.305 e. The van der Waals surface area contributed by atoms with Gasteiger partial charge in [0.15, 0.2) is 4.96 Å². The fraction of sp³-hybridized carbons (Fsp3) is 0.500.